The number of nitrogens with one attached hydrogen (secondary N) is 1. The van der Waals surface area contributed by atoms with Crippen LogP contribution in [0, 0.1) is 20.8 Å². The summed E-state index contributed by atoms with van der Waals surface area (Å²) >= 11 is 1.58. The van der Waals surface area contributed by atoms with Gasteiger partial charge in [0, 0.05) is 4.88 Å². The number of anilines is 1. The lowest BCUT2D eigenvalue weighted by Gasteiger charge is -2.12. The van der Waals surface area contributed by atoms with Gasteiger partial charge in [0.05, 0.1) is 5.69 Å². The van der Waals surface area contributed by atoms with Crippen molar-refractivity contribution in [3.8, 4) is 5.75 Å². The Morgan fingerprint density at radius 2 is 2.00 bits per heavy atom. The van der Waals surface area contributed by atoms with Crippen molar-refractivity contribution in [2.45, 2.75) is 40.0 Å². The minimum atomic E-state index is -0.160. The number of nitrogens with zero attached hydrogens (tertiary/aromatic N) is 1. The van der Waals surface area contributed by atoms with Crippen LogP contribution in [0.4, 0.5) is 5.13 Å². The number of hydrogen-bond donors (Lipinski definition) is 1. The average Bonchev–Trinajstić information content (AvgIpc) is 2.98. The van der Waals surface area contributed by atoms with Crippen molar-refractivity contribution < 1.29 is 9.53 Å². The maximum absolute atomic E-state index is 12.0. The van der Waals surface area contributed by atoms with Crippen LogP contribution in [0.5, 0.6) is 5.75 Å². The molecule has 1 heterocycles. The summed E-state index contributed by atoms with van der Waals surface area (Å²) in [6.45, 7) is 6.06. The lowest BCUT2D eigenvalue weighted by molar-refractivity contribution is -0.118. The number of aryl methyl sites for hydroxylation is 5. The highest BCUT2D eigenvalue weighted by molar-refractivity contribution is 7.15. The third-order valence-corrected chi connectivity index (χ3v) is 4.87. The van der Waals surface area contributed by atoms with Crippen molar-refractivity contribution in [1.82, 2.24) is 4.98 Å². The maximum atomic E-state index is 12.0. The number of amides is 1. The molecule has 1 aromatic carbocycles. The summed E-state index contributed by atoms with van der Waals surface area (Å²) in [6, 6.07) is 4.12. The lowest BCUT2D eigenvalue weighted by Crippen LogP contribution is -2.20. The molecule has 0 spiro atoms. The van der Waals surface area contributed by atoms with E-state index < -0.39 is 0 Å². The number of thiazole rings is 1. The fraction of sp³-hybridized carbons (Fsp3) is 0.412. The quantitative estimate of drug-likeness (QED) is 0.938. The van der Waals surface area contributed by atoms with E-state index in [1.54, 1.807) is 11.3 Å². The zero-order valence-electron chi connectivity index (χ0n) is 13.2. The van der Waals surface area contributed by atoms with Crippen molar-refractivity contribution in [1.29, 1.82) is 0 Å². The Hall–Kier alpha value is -1.88. The smallest absolute Gasteiger partial charge is 0.264 e. The molecule has 0 bridgehead atoms. The van der Waals surface area contributed by atoms with Crippen LogP contribution in [0.1, 0.15) is 33.7 Å². The van der Waals surface area contributed by atoms with Crippen LogP contribution in [0.2, 0.25) is 0 Å². The van der Waals surface area contributed by atoms with E-state index in [9.17, 15) is 4.79 Å². The predicted molar refractivity (Wildman–Crippen MR) is 88.9 cm³/mol. The zero-order chi connectivity index (χ0) is 15.7. The van der Waals surface area contributed by atoms with Gasteiger partial charge >= 0.3 is 0 Å². The maximum Gasteiger partial charge on any atom is 0.264 e. The first-order valence-electron chi connectivity index (χ1n) is 7.52. The molecule has 3 rings (SSSR count). The summed E-state index contributed by atoms with van der Waals surface area (Å²) in [5, 5.41) is 3.53. The molecular weight excluding hydrogens is 296 g/mol. The monoisotopic (exact) mass is 316 g/mol. The lowest BCUT2D eigenvalue weighted by atomic mass is 10.1. The van der Waals surface area contributed by atoms with E-state index in [2.05, 4.69) is 29.4 Å². The molecule has 5 heteroatoms. The fourth-order valence-corrected chi connectivity index (χ4v) is 4.00. The van der Waals surface area contributed by atoms with Crippen LogP contribution in [-0.4, -0.2) is 17.5 Å². The normalized spacial score (nSPS) is 13.0. The first-order chi connectivity index (χ1) is 10.5. The Bertz CT molecular complexity index is 677. The van der Waals surface area contributed by atoms with E-state index in [1.165, 1.54) is 16.9 Å². The number of carbonyl (C=O) groups is 1. The second-order valence-corrected chi connectivity index (χ2v) is 6.89. The Morgan fingerprint density at radius 1 is 1.27 bits per heavy atom. The highest BCUT2D eigenvalue weighted by atomic mass is 32.1. The summed E-state index contributed by atoms with van der Waals surface area (Å²) in [4.78, 5) is 17.8. The zero-order valence-corrected chi connectivity index (χ0v) is 14.0. The van der Waals surface area contributed by atoms with Gasteiger partial charge in [0.1, 0.15) is 5.75 Å². The molecule has 0 unspecified atom stereocenters. The number of hydrogen-bond acceptors (Lipinski definition) is 4. The summed E-state index contributed by atoms with van der Waals surface area (Å²) in [7, 11) is 0. The molecular formula is C17H20N2O2S. The van der Waals surface area contributed by atoms with Gasteiger partial charge in [-0.25, -0.2) is 4.98 Å². The molecule has 1 aliphatic carbocycles. The minimum Gasteiger partial charge on any atom is -0.483 e. The van der Waals surface area contributed by atoms with Crippen LogP contribution >= 0.6 is 11.3 Å². The number of fused-ring (bicyclic) bond motifs is 1. The standard InChI is InChI=1S/C17H20N2O2S/c1-10-7-11(2)16(12(3)8-10)21-9-15(20)19-17-18-13-5-4-6-14(13)22-17/h7-8H,4-6,9H2,1-3H3,(H,18,19,20). The number of benzene rings is 1. The van der Waals surface area contributed by atoms with E-state index in [0.717, 1.165) is 35.4 Å². The van der Waals surface area contributed by atoms with Crippen LogP contribution in [0.15, 0.2) is 12.1 Å². The molecule has 22 heavy (non-hydrogen) atoms. The fourth-order valence-electron chi connectivity index (χ4n) is 2.93. The highest BCUT2D eigenvalue weighted by Gasteiger charge is 2.18. The molecule has 4 nitrogen and oxygen atoms in total. The summed E-state index contributed by atoms with van der Waals surface area (Å²) in [6.07, 6.45) is 3.29. The Morgan fingerprint density at radius 3 is 2.68 bits per heavy atom. The van der Waals surface area contributed by atoms with Gasteiger partial charge in [0.15, 0.2) is 11.7 Å². The van der Waals surface area contributed by atoms with Gasteiger partial charge in [0.25, 0.3) is 5.91 Å². The topological polar surface area (TPSA) is 51.2 Å². The molecule has 1 aliphatic rings. The summed E-state index contributed by atoms with van der Waals surface area (Å²) in [5.41, 5.74) is 4.45. The Labute approximate surface area is 134 Å². The first-order valence-corrected chi connectivity index (χ1v) is 8.33. The third-order valence-electron chi connectivity index (χ3n) is 3.79. The summed E-state index contributed by atoms with van der Waals surface area (Å²) in [5.74, 6) is 0.634. The highest BCUT2D eigenvalue weighted by Crippen LogP contribution is 2.30. The van der Waals surface area contributed by atoms with Crippen LogP contribution < -0.4 is 10.1 Å². The molecule has 0 saturated carbocycles. The van der Waals surface area contributed by atoms with E-state index in [0.29, 0.717) is 5.13 Å². The van der Waals surface area contributed by atoms with Crippen molar-refractivity contribution in [3.05, 3.63) is 39.4 Å². The van der Waals surface area contributed by atoms with Gasteiger partial charge in [-0.1, -0.05) is 17.7 Å². The predicted octanol–water partition coefficient (Wildman–Crippen LogP) is 3.57. The minimum absolute atomic E-state index is 0.00892. The number of aromatic nitrogens is 1. The van der Waals surface area contributed by atoms with Crippen LogP contribution in [0.3, 0.4) is 0 Å². The largest absolute Gasteiger partial charge is 0.483 e. The second kappa shape index (κ2) is 6.08. The van der Waals surface area contributed by atoms with Crippen molar-refractivity contribution in [2.75, 3.05) is 11.9 Å². The second-order valence-electron chi connectivity index (χ2n) is 5.81. The Kier molecular flexibility index (Phi) is 4.16. The van der Waals surface area contributed by atoms with Crippen molar-refractivity contribution in [2.24, 2.45) is 0 Å². The molecule has 2 aromatic rings. The number of ether oxygens (including phenoxy) is 1. The third kappa shape index (κ3) is 3.14. The van der Waals surface area contributed by atoms with Crippen molar-refractivity contribution >= 4 is 22.4 Å². The summed E-state index contributed by atoms with van der Waals surface area (Å²) < 4.78 is 5.70. The molecule has 1 aromatic heterocycles. The van der Waals surface area contributed by atoms with E-state index >= 15 is 0 Å². The van der Waals surface area contributed by atoms with Gasteiger partial charge in [-0.05, 0) is 51.2 Å². The van der Waals surface area contributed by atoms with Crippen LogP contribution in [0.25, 0.3) is 0 Å². The molecule has 1 amide bonds. The van der Waals surface area contributed by atoms with Crippen molar-refractivity contribution in [3.63, 3.8) is 0 Å². The van der Waals surface area contributed by atoms with E-state index in [1.807, 2.05) is 13.8 Å². The van der Waals surface area contributed by atoms with Gasteiger partial charge in [-0.2, -0.15) is 0 Å². The van der Waals surface area contributed by atoms with E-state index in [-0.39, 0.29) is 12.5 Å². The van der Waals surface area contributed by atoms with Gasteiger partial charge in [0.2, 0.25) is 0 Å². The first kappa shape index (κ1) is 15.0. The molecule has 0 atom stereocenters. The van der Waals surface area contributed by atoms with Gasteiger partial charge in [-0.3, -0.25) is 10.1 Å². The molecule has 0 fully saturated rings. The number of rotatable bonds is 4. The number of carbonyl (C=O) groups excluding carboxylic acids is 1. The molecule has 0 radical (unpaired) electrons. The average molecular weight is 316 g/mol. The van der Waals surface area contributed by atoms with Gasteiger partial charge < -0.3 is 4.74 Å². The Balaban J connectivity index is 1.60. The van der Waals surface area contributed by atoms with E-state index in [4.69, 9.17) is 4.74 Å². The SMILES string of the molecule is Cc1cc(C)c(OCC(=O)Nc2nc3c(s2)CCC3)c(C)c1. The molecule has 1 N–H and O–H groups in total. The van der Waals surface area contributed by atoms with Crippen LogP contribution in [-0.2, 0) is 17.6 Å². The van der Waals surface area contributed by atoms with Gasteiger partial charge in [-0.15, -0.1) is 11.3 Å². The molecule has 0 aliphatic heterocycles. The molecule has 116 valence electrons. The molecule has 0 saturated heterocycles.